The van der Waals surface area contributed by atoms with E-state index in [1.54, 1.807) is 13.0 Å². The minimum Gasteiger partial charge on any atom is -0.507 e. The summed E-state index contributed by atoms with van der Waals surface area (Å²) in [5.74, 6) is 2.73. The molecule has 0 saturated carbocycles. The Morgan fingerprint density at radius 3 is 2.62 bits per heavy atom. The van der Waals surface area contributed by atoms with Crippen LogP contribution < -0.4 is 5.73 Å². The summed E-state index contributed by atoms with van der Waals surface area (Å²) in [6, 6.07) is 3.82. The van der Waals surface area contributed by atoms with Gasteiger partial charge in [-0.25, -0.2) is 0 Å². The van der Waals surface area contributed by atoms with Crippen LogP contribution in [-0.4, -0.2) is 5.11 Å². The molecule has 1 rings (SSSR count). The average molecular weight is 196 g/mol. The molecule has 3 N–H and O–H groups in total. The molecule has 0 radical (unpaired) electrons. The van der Waals surface area contributed by atoms with Crippen LogP contribution in [0.3, 0.4) is 0 Å². The van der Waals surface area contributed by atoms with Gasteiger partial charge in [0.25, 0.3) is 0 Å². The van der Waals surface area contributed by atoms with Crippen LogP contribution in [-0.2, 0) is 0 Å². The Balaban J connectivity index is 3.49. The SMILES string of the molecule is Cc1cc(O)c(C#CN)c(C)c1Cl. The molecule has 68 valence electrons. The zero-order valence-corrected chi connectivity index (χ0v) is 8.24. The molecule has 0 heterocycles. The maximum atomic E-state index is 9.51. The lowest BCUT2D eigenvalue weighted by Crippen LogP contribution is -1.90. The monoisotopic (exact) mass is 195 g/mol. The van der Waals surface area contributed by atoms with Gasteiger partial charge >= 0.3 is 0 Å². The Morgan fingerprint density at radius 2 is 2.08 bits per heavy atom. The number of phenolic OH excluding ortho intramolecular Hbond substituents is 1. The molecule has 3 heteroatoms. The first kappa shape index (κ1) is 9.76. The summed E-state index contributed by atoms with van der Waals surface area (Å²) in [5.41, 5.74) is 7.16. The lowest BCUT2D eigenvalue weighted by atomic mass is 10.0. The molecule has 2 nitrogen and oxygen atoms in total. The van der Waals surface area contributed by atoms with Crippen LogP contribution in [0, 0.1) is 25.8 Å². The number of phenols is 1. The van der Waals surface area contributed by atoms with Crippen LogP contribution in [0.15, 0.2) is 6.07 Å². The molecule has 0 saturated heterocycles. The van der Waals surface area contributed by atoms with E-state index in [0.29, 0.717) is 10.6 Å². The summed E-state index contributed by atoms with van der Waals surface area (Å²) in [5, 5.41) is 10.1. The van der Waals surface area contributed by atoms with Crippen molar-refractivity contribution in [3.63, 3.8) is 0 Å². The van der Waals surface area contributed by atoms with Crippen molar-refractivity contribution in [2.75, 3.05) is 0 Å². The molecular formula is C10H10ClNO. The quantitative estimate of drug-likeness (QED) is 0.491. The number of benzene rings is 1. The Labute approximate surface area is 82.3 Å². The molecule has 1 aromatic rings. The number of aryl methyl sites for hydroxylation is 1. The van der Waals surface area contributed by atoms with Crippen molar-refractivity contribution in [3.05, 3.63) is 27.8 Å². The van der Waals surface area contributed by atoms with E-state index in [1.165, 1.54) is 0 Å². The highest BCUT2D eigenvalue weighted by atomic mass is 35.5. The Bertz CT molecular complexity index is 402. The highest BCUT2D eigenvalue weighted by molar-refractivity contribution is 6.32. The van der Waals surface area contributed by atoms with E-state index in [2.05, 4.69) is 12.0 Å². The highest BCUT2D eigenvalue weighted by Crippen LogP contribution is 2.29. The maximum absolute atomic E-state index is 9.51. The van der Waals surface area contributed by atoms with Gasteiger partial charge in [0.2, 0.25) is 0 Å². The second kappa shape index (κ2) is 3.59. The van der Waals surface area contributed by atoms with Crippen molar-refractivity contribution in [1.29, 1.82) is 0 Å². The molecule has 13 heavy (non-hydrogen) atoms. The van der Waals surface area contributed by atoms with Gasteiger partial charge in [-0.15, -0.1) is 0 Å². The summed E-state index contributed by atoms with van der Waals surface area (Å²) < 4.78 is 0. The van der Waals surface area contributed by atoms with E-state index in [4.69, 9.17) is 17.3 Å². The third kappa shape index (κ3) is 1.71. The minimum atomic E-state index is 0.123. The smallest absolute Gasteiger partial charge is 0.131 e. The van der Waals surface area contributed by atoms with Crippen LogP contribution in [0.25, 0.3) is 0 Å². The van der Waals surface area contributed by atoms with Gasteiger partial charge in [-0.3, -0.25) is 0 Å². The second-order valence-electron chi connectivity index (χ2n) is 2.80. The van der Waals surface area contributed by atoms with E-state index in [-0.39, 0.29) is 5.75 Å². The van der Waals surface area contributed by atoms with Gasteiger partial charge in [-0.2, -0.15) is 0 Å². The third-order valence-electron chi connectivity index (χ3n) is 1.86. The molecule has 0 aliphatic heterocycles. The maximum Gasteiger partial charge on any atom is 0.131 e. The predicted octanol–water partition coefficient (Wildman–Crippen LogP) is 1.93. The lowest BCUT2D eigenvalue weighted by molar-refractivity contribution is 0.473. The van der Waals surface area contributed by atoms with Gasteiger partial charge < -0.3 is 10.8 Å². The fraction of sp³-hybridized carbons (Fsp3) is 0.200. The molecule has 0 spiro atoms. The number of rotatable bonds is 0. The Hall–Kier alpha value is -1.33. The van der Waals surface area contributed by atoms with Crippen molar-refractivity contribution >= 4 is 11.6 Å². The van der Waals surface area contributed by atoms with Gasteiger partial charge in [0.15, 0.2) is 0 Å². The van der Waals surface area contributed by atoms with Gasteiger partial charge in [-0.1, -0.05) is 11.6 Å². The summed E-state index contributed by atoms with van der Waals surface area (Å²) in [7, 11) is 0. The summed E-state index contributed by atoms with van der Waals surface area (Å²) >= 11 is 5.97. The van der Waals surface area contributed by atoms with Crippen molar-refractivity contribution < 1.29 is 5.11 Å². The molecule has 0 aliphatic carbocycles. The lowest BCUT2D eigenvalue weighted by Gasteiger charge is -2.06. The largest absolute Gasteiger partial charge is 0.507 e. The average Bonchev–Trinajstić information content (AvgIpc) is 2.09. The van der Waals surface area contributed by atoms with Crippen LogP contribution in [0.4, 0.5) is 0 Å². The van der Waals surface area contributed by atoms with Gasteiger partial charge in [0.05, 0.1) is 5.56 Å². The topological polar surface area (TPSA) is 46.2 Å². The highest BCUT2D eigenvalue weighted by Gasteiger charge is 2.08. The number of halogens is 1. The van der Waals surface area contributed by atoms with Crippen LogP contribution >= 0.6 is 11.6 Å². The molecule has 0 bridgehead atoms. The van der Waals surface area contributed by atoms with E-state index < -0.39 is 0 Å². The van der Waals surface area contributed by atoms with Crippen LogP contribution in [0.5, 0.6) is 5.75 Å². The zero-order chi connectivity index (χ0) is 10.0. The predicted molar refractivity (Wildman–Crippen MR) is 53.7 cm³/mol. The summed E-state index contributed by atoms with van der Waals surface area (Å²) in [4.78, 5) is 0. The van der Waals surface area contributed by atoms with Gasteiger partial charge in [0.1, 0.15) is 5.75 Å². The number of hydrogen-bond donors (Lipinski definition) is 2. The van der Waals surface area contributed by atoms with E-state index in [0.717, 1.165) is 11.1 Å². The first-order valence-corrected chi connectivity index (χ1v) is 4.16. The zero-order valence-electron chi connectivity index (χ0n) is 7.48. The van der Waals surface area contributed by atoms with E-state index >= 15 is 0 Å². The standard InChI is InChI=1S/C10H10ClNO/c1-6-5-9(13)8(3-4-12)7(2)10(6)11/h5,13H,12H2,1-2H3. The fourth-order valence-electron chi connectivity index (χ4n) is 1.17. The fourth-order valence-corrected chi connectivity index (χ4v) is 1.32. The summed E-state index contributed by atoms with van der Waals surface area (Å²) in [6.07, 6.45) is 0. The van der Waals surface area contributed by atoms with Gasteiger partial charge in [0, 0.05) is 11.1 Å². The first-order valence-electron chi connectivity index (χ1n) is 3.78. The van der Waals surface area contributed by atoms with Crippen molar-refractivity contribution in [2.45, 2.75) is 13.8 Å². The Kier molecular flexibility index (Phi) is 2.69. The molecule has 1 aromatic carbocycles. The second-order valence-corrected chi connectivity index (χ2v) is 3.17. The summed E-state index contributed by atoms with van der Waals surface area (Å²) in [6.45, 7) is 3.63. The van der Waals surface area contributed by atoms with Gasteiger partial charge in [-0.05, 0) is 37.0 Å². The number of hydrogen-bond acceptors (Lipinski definition) is 2. The van der Waals surface area contributed by atoms with Crippen LogP contribution in [0.2, 0.25) is 5.02 Å². The van der Waals surface area contributed by atoms with Crippen molar-refractivity contribution in [2.24, 2.45) is 5.73 Å². The van der Waals surface area contributed by atoms with Crippen LogP contribution in [0.1, 0.15) is 16.7 Å². The molecule has 0 amide bonds. The molecule has 0 fully saturated rings. The normalized spacial score (nSPS) is 9.15. The van der Waals surface area contributed by atoms with Crippen molar-refractivity contribution in [1.82, 2.24) is 0 Å². The molecule has 0 atom stereocenters. The number of aromatic hydroxyl groups is 1. The third-order valence-corrected chi connectivity index (χ3v) is 2.44. The minimum absolute atomic E-state index is 0.123. The molecule has 0 aromatic heterocycles. The van der Waals surface area contributed by atoms with E-state index in [1.807, 2.05) is 6.92 Å². The van der Waals surface area contributed by atoms with Crippen molar-refractivity contribution in [3.8, 4) is 17.7 Å². The number of nitrogens with two attached hydrogens (primary N) is 1. The molecule has 0 aliphatic rings. The first-order chi connectivity index (χ1) is 6.07. The molecular weight excluding hydrogens is 186 g/mol. The Morgan fingerprint density at radius 1 is 1.46 bits per heavy atom. The molecule has 0 unspecified atom stereocenters. The van der Waals surface area contributed by atoms with E-state index in [9.17, 15) is 5.11 Å².